The first kappa shape index (κ1) is 25.2. The maximum absolute atomic E-state index is 12.8. The Kier molecular flexibility index (Phi) is 7.19. The van der Waals surface area contributed by atoms with E-state index in [4.69, 9.17) is 16.6 Å². The van der Waals surface area contributed by atoms with E-state index in [1.807, 2.05) is 66.4 Å². The lowest BCUT2D eigenvalue weighted by molar-refractivity contribution is -0.116. The first-order chi connectivity index (χ1) is 18.4. The molecule has 3 heterocycles. The van der Waals surface area contributed by atoms with E-state index in [9.17, 15) is 14.7 Å². The summed E-state index contributed by atoms with van der Waals surface area (Å²) in [6.07, 6.45) is 1.96. The number of carbonyl (C=O) groups excluding carboxylic acids is 1. The Balaban J connectivity index is 1.40. The van der Waals surface area contributed by atoms with E-state index in [0.717, 1.165) is 22.5 Å². The highest BCUT2D eigenvalue weighted by Crippen LogP contribution is 2.40. The zero-order valence-corrected chi connectivity index (χ0v) is 21.4. The molecular weight excluding hydrogens is 500 g/mol. The van der Waals surface area contributed by atoms with Gasteiger partial charge in [0.1, 0.15) is 17.6 Å². The number of aromatic nitrogens is 1. The van der Waals surface area contributed by atoms with Crippen LogP contribution in [0.4, 0.5) is 5.69 Å². The summed E-state index contributed by atoms with van der Waals surface area (Å²) in [5.74, 6) is 0.166. The maximum atomic E-state index is 12.8. The molecule has 4 aromatic rings. The summed E-state index contributed by atoms with van der Waals surface area (Å²) in [6, 6.07) is 23.0. The van der Waals surface area contributed by atoms with Gasteiger partial charge in [-0.05, 0) is 67.2 Å². The van der Waals surface area contributed by atoms with Crippen LogP contribution in [0.15, 0.2) is 89.5 Å². The van der Waals surface area contributed by atoms with Crippen LogP contribution in [0.2, 0.25) is 0 Å². The molecule has 0 bridgehead atoms. The first-order valence-electron chi connectivity index (χ1n) is 12.2. The van der Waals surface area contributed by atoms with Gasteiger partial charge in [0.15, 0.2) is 5.11 Å². The minimum Gasteiger partial charge on any atom is -0.478 e. The van der Waals surface area contributed by atoms with Crippen LogP contribution in [-0.4, -0.2) is 38.5 Å². The third kappa shape index (κ3) is 5.28. The summed E-state index contributed by atoms with van der Waals surface area (Å²) in [6.45, 7) is 2.33. The van der Waals surface area contributed by atoms with Gasteiger partial charge in [-0.25, -0.2) is 4.79 Å². The van der Waals surface area contributed by atoms with E-state index in [-0.39, 0.29) is 30.0 Å². The van der Waals surface area contributed by atoms with Crippen LogP contribution in [0, 0.1) is 6.92 Å². The van der Waals surface area contributed by atoms with Crippen LogP contribution in [0.1, 0.15) is 45.9 Å². The average molecular weight is 527 g/mol. The van der Waals surface area contributed by atoms with Crippen LogP contribution >= 0.6 is 12.2 Å². The molecule has 9 heteroatoms. The smallest absolute Gasteiger partial charge is 0.335 e. The number of nitrogens with one attached hydrogen (secondary N) is 2. The fourth-order valence-electron chi connectivity index (χ4n) is 4.55. The third-order valence-corrected chi connectivity index (χ3v) is 6.88. The van der Waals surface area contributed by atoms with Crippen molar-refractivity contribution in [1.82, 2.24) is 15.2 Å². The number of anilines is 1. The first-order valence-corrected chi connectivity index (χ1v) is 12.6. The van der Waals surface area contributed by atoms with Crippen LogP contribution in [-0.2, 0) is 4.79 Å². The highest BCUT2D eigenvalue weighted by molar-refractivity contribution is 7.80. The fraction of sp³-hybridized carbons (Fsp3) is 0.172. The molecule has 2 aromatic carbocycles. The Morgan fingerprint density at radius 2 is 1.82 bits per heavy atom. The number of furan rings is 1. The molecule has 2 aromatic heterocycles. The number of aromatic carboxylic acids is 1. The Hall–Kier alpha value is -4.50. The number of benzene rings is 2. The Labute approximate surface area is 225 Å². The highest BCUT2D eigenvalue weighted by atomic mass is 32.1. The lowest BCUT2D eigenvalue weighted by atomic mass is 10.0. The van der Waals surface area contributed by atoms with E-state index < -0.39 is 5.97 Å². The van der Waals surface area contributed by atoms with Crippen molar-refractivity contribution in [3.05, 3.63) is 108 Å². The predicted octanol–water partition coefficient (Wildman–Crippen LogP) is 5.35. The molecule has 0 radical (unpaired) electrons. The van der Waals surface area contributed by atoms with Gasteiger partial charge in [0, 0.05) is 30.4 Å². The quantitative estimate of drug-likeness (QED) is 0.264. The maximum Gasteiger partial charge on any atom is 0.335 e. The van der Waals surface area contributed by atoms with E-state index in [2.05, 4.69) is 15.6 Å². The number of hydrogen-bond donors (Lipinski definition) is 3. The second-order valence-corrected chi connectivity index (χ2v) is 9.40. The monoisotopic (exact) mass is 526 g/mol. The van der Waals surface area contributed by atoms with E-state index in [1.165, 1.54) is 0 Å². The SMILES string of the molecule is Cc1ccccc1NC(=O)CCN1C(=S)NC(c2ccccn2)C1c1ccc(-c2ccc(C(=O)O)cc2)o1. The normalized spacial score (nSPS) is 16.8. The van der Waals surface area contributed by atoms with Crippen molar-refractivity contribution in [1.29, 1.82) is 0 Å². The molecule has 1 fully saturated rings. The number of thiocarbonyl (C=S) groups is 1. The van der Waals surface area contributed by atoms with Gasteiger partial charge in [0.25, 0.3) is 0 Å². The van der Waals surface area contributed by atoms with E-state index >= 15 is 0 Å². The van der Waals surface area contributed by atoms with Gasteiger partial charge in [-0.15, -0.1) is 0 Å². The average Bonchev–Trinajstić information content (AvgIpc) is 3.54. The molecule has 2 atom stereocenters. The lowest BCUT2D eigenvalue weighted by Crippen LogP contribution is -2.32. The molecular formula is C29H26N4O4S. The second-order valence-electron chi connectivity index (χ2n) is 9.02. The summed E-state index contributed by atoms with van der Waals surface area (Å²) in [4.78, 5) is 30.5. The number of amides is 1. The summed E-state index contributed by atoms with van der Waals surface area (Å²) in [7, 11) is 0. The number of carbonyl (C=O) groups is 2. The third-order valence-electron chi connectivity index (χ3n) is 6.53. The molecule has 1 aliphatic rings. The van der Waals surface area contributed by atoms with Gasteiger partial charge in [0.2, 0.25) is 5.91 Å². The molecule has 3 N–H and O–H groups in total. The summed E-state index contributed by atoms with van der Waals surface area (Å²) >= 11 is 5.69. The van der Waals surface area contributed by atoms with Crippen molar-refractivity contribution in [2.45, 2.75) is 25.4 Å². The number of aryl methyl sites for hydroxylation is 1. The number of pyridine rings is 1. The minimum absolute atomic E-state index is 0.110. The molecule has 5 rings (SSSR count). The number of para-hydroxylation sites is 1. The number of nitrogens with zero attached hydrogens (tertiary/aromatic N) is 2. The number of carboxylic acid groups (broad SMARTS) is 1. The molecule has 1 saturated heterocycles. The molecule has 0 aliphatic carbocycles. The number of rotatable bonds is 8. The van der Waals surface area contributed by atoms with Crippen LogP contribution in [0.5, 0.6) is 0 Å². The van der Waals surface area contributed by atoms with Crippen molar-refractivity contribution in [3.8, 4) is 11.3 Å². The number of carboxylic acids is 1. The summed E-state index contributed by atoms with van der Waals surface area (Å²) in [5, 5.41) is 16.0. The second kappa shape index (κ2) is 10.9. The zero-order chi connectivity index (χ0) is 26.6. The van der Waals surface area contributed by atoms with Crippen molar-refractivity contribution in [3.63, 3.8) is 0 Å². The molecule has 2 unspecified atom stereocenters. The van der Waals surface area contributed by atoms with Crippen molar-refractivity contribution >= 4 is 34.9 Å². The van der Waals surface area contributed by atoms with Crippen molar-refractivity contribution in [2.75, 3.05) is 11.9 Å². The predicted molar refractivity (Wildman–Crippen MR) is 148 cm³/mol. The molecule has 8 nitrogen and oxygen atoms in total. The standard InChI is InChI=1S/C29H26N4O4S/c1-18-6-2-3-7-21(18)31-25(34)15-17-33-27(26(32-29(33)38)22-8-4-5-16-30-22)24-14-13-23(37-24)19-9-11-20(12-10-19)28(35)36/h2-14,16,26-27H,15,17H2,1H3,(H,31,34)(H,32,38)(H,35,36). The summed E-state index contributed by atoms with van der Waals surface area (Å²) in [5.41, 5.74) is 3.54. The molecule has 1 aliphatic heterocycles. The topological polar surface area (TPSA) is 108 Å². The Bertz CT molecular complexity index is 1470. The van der Waals surface area contributed by atoms with Gasteiger partial charge < -0.3 is 25.1 Å². The van der Waals surface area contributed by atoms with Crippen LogP contribution < -0.4 is 10.6 Å². The Morgan fingerprint density at radius 1 is 1.05 bits per heavy atom. The minimum atomic E-state index is -0.984. The molecule has 0 spiro atoms. The Morgan fingerprint density at radius 3 is 2.53 bits per heavy atom. The van der Waals surface area contributed by atoms with Gasteiger partial charge >= 0.3 is 5.97 Å². The molecule has 192 valence electrons. The lowest BCUT2D eigenvalue weighted by Gasteiger charge is -2.26. The van der Waals surface area contributed by atoms with E-state index in [0.29, 0.717) is 23.2 Å². The van der Waals surface area contributed by atoms with Gasteiger partial charge in [0.05, 0.1) is 17.3 Å². The number of hydrogen-bond acceptors (Lipinski definition) is 5. The zero-order valence-electron chi connectivity index (χ0n) is 20.6. The highest BCUT2D eigenvalue weighted by Gasteiger charge is 2.41. The van der Waals surface area contributed by atoms with Crippen molar-refractivity contribution in [2.24, 2.45) is 0 Å². The molecule has 1 amide bonds. The molecule has 0 saturated carbocycles. The molecule has 38 heavy (non-hydrogen) atoms. The van der Waals surface area contributed by atoms with Gasteiger partial charge in [-0.2, -0.15) is 0 Å². The van der Waals surface area contributed by atoms with Crippen molar-refractivity contribution < 1.29 is 19.1 Å². The van der Waals surface area contributed by atoms with Crippen LogP contribution in [0.25, 0.3) is 11.3 Å². The largest absolute Gasteiger partial charge is 0.478 e. The van der Waals surface area contributed by atoms with E-state index in [1.54, 1.807) is 30.5 Å². The van der Waals surface area contributed by atoms with Gasteiger partial charge in [-0.1, -0.05) is 36.4 Å². The van der Waals surface area contributed by atoms with Crippen LogP contribution in [0.3, 0.4) is 0 Å². The fourth-order valence-corrected chi connectivity index (χ4v) is 4.88. The summed E-state index contributed by atoms with van der Waals surface area (Å²) < 4.78 is 6.29. The van der Waals surface area contributed by atoms with Gasteiger partial charge in [-0.3, -0.25) is 9.78 Å².